The molecule has 0 aliphatic rings. The Morgan fingerprint density at radius 1 is 0.661 bits per heavy atom. The van der Waals surface area contributed by atoms with Crippen molar-refractivity contribution in [1.82, 2.24) is 29.2 Å². The summed E-state index contributed by atoms with van der Waals surface area (Å²) in [5.41, 5.74) is 8.05. The van der Waals surface area contributed by atoms with Crippen LogP contribution in [0.2, 0.25) is 0 Å². The van der Waals surface area contributed by atoms with Crippen molar-refractivity contribution in [3.05, 3.63) is 191 Å². The van der Waals surface area contributed by atoms with Crippen LogP contribution in [0.15, 0.2) is 158 Å². The van der Waals surface area contributed by atoms with Crippen molar-refractivity contribution in [2.45, 2.75) is 77.8 Å². The summed E-state index contributed by atoms with van der Waals surface area (Å²) in [6.45, 7) is 10.6. The van der Waals surface area contributed by atoms with Gasteiger partial charge in [0.25, 0.3) is 0 Å². The summed E-state index contributed by atoms with van der Waals surface area (Å²) in [5, 5.41) is 16.7. The van der Waals surface area contributed by atoms with E-state index in [-0.39, 0.29) is 24.9 Å². The first-order chi connectivity index (χ1) is 30.0. The largest absolute Gasteiger partial charge is 0.333 e. The number of hydrogen-bond acceptors (Lipinski definition) is 6. The average Bonchev–Trinajstić information content (AvgIpc) is 3.77. The molecule has 0 radical (unpaired) electrons. The highest BCUT2D eigenvalue weighted by molar-refractivity contribution is 7.87. The lowest BCUT2D eigenvalue weighted by molar-refractivity contribution is 0.255. The van der Waals surface area contributed by atoms with Crippen molar-refractivity contribution in [2.75, 3.05) is 11.9 Å². The van der Waals surface area contributed by atoms with Crippen molar-refractivity contribution in [3.8, 4) is 22.5 Å². The fourth-order valence-corrected chi connectivity index (χ4v) is 9.35. The summed E-state index contributed by atoms with van der Waals surface area (Å²) in [5.74, 6) is 0.834. The Morgan fingerprint density at radius 2 is 1.18 bits per heavy atom. The number of benzene rings is 6. The molecule has 10 nitrogen and oxygen atoms in total. The van der Waals surface area contributed by atoms with Crippen LogP contribution in [0.25, 0.3) is 22.5 Å². The molecular weight excluding hydrogens is 791 g/mol. The summed E-state index contributed by atoms with van der Waals surface area (Å²) in [6.07, 6.45) is 2.43. The highest BCUT2D eigenvalue weighted by Crippen LogP contribution is 2.43. The van der Waals surface area contributed by atoms with Crippen LogP contribution < -0.4 is 10.0 Å². The maximum atomic E-state index is 14.0. The smallest absolute Gasteiger partial charge is 0.307 e. The molecule has 0 atom stereocenters. The van der Waals surface area contributed by atoms with Crippen LogP contribution in [0.3, 0.4) is 0 Å². The van der Waals surface area contributed by atoms with Crippen LogP contribution in [0.5, 0.6) is 0 Å². The third-order valence-corrected chi connectivity index (χ3v) is 12.8. The predicted molar refractivity (Wildman–Crippen MR) is 249 cm³/mol. The van der Waals surface area contributed by atoms with E-state index >= 15 is 0 Å². The van der Waals surface area contributed by atoms with E-state index in [0.717, 1.165) is 62.9 Å². The Balaban J connectivity index is 1.21. The summed E-state index contributed by atoms with van der Waals surface area (Å²) in [4.78, 5) is 13.5. The number of nitrogens with zero attached hydrogens (tertiary/aromatic N) is 5. The molecule has 0 bridgehead atoms. The molecule has 1 aromatic heterocycles. The number of unbranched alkanes of at least 4 members (excludes halogenated alkanes) is 2. The van der Waals surface area contributed by atoms with E-state index in [1.807, 2.05) is 126 Å². The zero-order chi connectivity index (χ0) is 43.7. The minimum Gasteiger partial charge on any atom is -0.307 e. The summed E-state index contributed by atoms with van der Waals surface area (Å²) in [7, 11) is -4.23. The van der Waals surface area contributed by atoms with Gasteiger partial charge in [-0.25, -0.2) is 14.2 Å². The van der Waals surface area contributed by atoms with Gasteiger partial charge in [0, 0.05) is 24.3 Å². The second-order valence-corrected chi connectivity index (χ2v) is 17.9. The minimum absolute atomic E-state index is 0.0834. The van der Waals surface area contributed by atoms with Crippen molar-refractivity contribution >= 4 is 21.9 Å². The van der Waals surface area contributed by atoms with E-state index in [9.17, 15) is 13.2 Å². The van der Waals surface area contributed by atoms with E-state index in [0.29, 0.717) is 17.9 Å². The molecule has 0 aliphatic heterocycles. The first-order valence-electron chi connectivity index (χ1n) is 21.4. The molecule has 6 aromatic carbocycles. The van der Waals surface area contributed by atoms with Gasteiger partial charge in [0.05, 0.1) is 0 Å². The number of urea groups is 1. The number of rotatable bonds is 17. The average molecular weight is 846 g/mol. The molecule has 7 rings (SSSR count). The fraction of sp³-hybridized carbons (Fsp3) is 0.255. The standard InChI is InChI=1S/C51H55N7O3S/c1-6-7-19-35-57(62(60,61)54-50(59)52-48-44(37(2)3)29-20-30-45(48)38(4)5)36-39-31-33-40(34-32-39)46-27-17-18-28-47(46)49-53-55-56-58(49)51(41-21-11-8-12-22-41,42-23-13-9-14-24-42)43-25-15-10-16-26-43/h8-18,20-34,37-38H,6-7,19,35-36H2,1-5H3,(H2,52,54,59). The van der Waals surface area contributed by atoms with Crippen LogP contribution in [0.4, 0.5) is 10.5 Å². The van der Waals surface area contributed by atoms with Crippen molar-refractivity contribution in [1.29, 1.82) is 0 Å². The van der Waals surface area contributed by atoms with Crippen molar-refractivity contribution in [3.63, 3.8) is 0 Å². The van der Waals surface area contributed by atoms with E-state index in [2.05, 4.69) is 86.3 Å². The fourth-order valence-electron chi connectivity index (χ4n) is 8.25. The van der Waals surface area contributed by atoms with E-state index < -0.39 is 21.8 Å². The van der Waals surface area contributed by atoms with Crippen molar-refractivity contribution < 1.29 is 13.2 Å². The first-order valence-corrected chi connectivity index (χ1v) is 22.8. The minimum atomic E-state index is -4.23. The van der Waals surface area contributed by atoms with Gasteiger partial charge < -0.3 is 5.32 Å². The van der Waals surface area contributed by atoms with Gasteiger partial charge in [-0.1, -0.05) is 205 Å². The summed E-state index contributed by atoms with van der Waals surface area (Å²) in [6, 6.07) is 51.9. The lowest BCUT2D eigenvalue weighted by Crippen LogP contribution is -2.45. The maximum Gasteiger partial charge on any atom is 0.333 e. The molecule has 1 heterocycles. The second kappa shape index (κ2) is 19.5. The Hall–Kier alpha value is -6.43. The van der Waals surface area contributed by atoms with Crippen LogP contribution in [-0.4, -0.2) is 45.5 Å². The number of hydrogen-bond donors (Lipinski definition) is 2. The number of para-hydroxylation sites is 1. The van der Waals surface area contributed by atoms with Gasteiger partial charge in [-0.05, 0) is 73.2 Å². The lowest BCUT2D eigenvalue weighted by atomic mass is 9.77. The topological polar surface area (TPSA) is 122 Å². The van der Waals surface area contributed by atoms with E-state index in [1.54, 1.807) is 0 Å². The third-order valence-electron chi connectivity index (χ3n) is 11.3. The van der Waals surface area contributed by atoms with Gasteiger partial charge in [-0.15, -0.1) is 5.10 Å². The second-order valence-electron chi connectivity index (χ2n) is 16.2. The molecule has 7 aromatic rings. The van der Waals surface area contributed by atoms with Crippen molar-refractivity contribution in [2.24, 2.45) is 0 Å². The van der Waals surface area contributed by atoms with Gasteiger partial charge >= 0.3 is 16.2 Å². The first kappa shape index (κ1) is 43.7. The van der Waals surface area contributed by atoms with Gasteiger partial charge in [0.15, 0.2) is 5.82 Å². The van der Waals surface area contributed by atoms with E-state index in [1.165, 1.54) is 4.31 Å². The zero-order valence-corrected chi connectivity index (χ0v) is 36.9. The molecule has 0 aliphatic carbocycles. The molecule has 0 spiro atoms. The molecule has 318 valence electrons. The van der Waals surface area contributed by atoms with Gasteiger partial charge in [-0.3, -0.25) is 0 Å². The Bertz CT molecular complexity index is 2550. The predicted octanol–water partition coefficient (Wildman–Crippen LogP) is 11.2. The van der Waals surface area contributed by atoms with E-state index in [4.69, 9.17) is 10.3 Å². The van der Waals surface area contributed by atoms with Crippen LogP contribution in [0, 0.1) is 0 Å². The molecule has 2 N–H and O–H groups in total. The van der Waals surface area contributed by atoms with Crippen LogP contribution in [-0.2, 0) is 22.3 Å². The molecule has 0 unspecified atom stereocenters. The number of aromatic nitrogens is 4. The number of tetrazole rings is 1. The molecule has 11 heteroatoms. The number of carbonyl (C=O) groups is 1. The number of anilines is 1. The Kier molecular flexibility index (Phi) is 13.7. The Morgan fingerprint density at radius 3 is 1.69 bits per heavy atom. The number of amides is 2. The maximum absolute atomic E-state index is 14.0. The molecule has 0 saturated carbocycles. The molecule has 0 fully saturated rings. The van der Waals surface area contributed by atoms with Crippen LogP contribution in [0.1, 0.15) is 99.1 Å². The summed E-state index contributed by atoms with van der Waals surface area (Å²) >= 11 is 0. The molecular formula is C51H55N7O3S. The molecule has 62 heavy (non-hydrogen) atoms. The SMILES string of the molecule is CCCCCN(Cc1ccc(-c2ccccc2-c2nnnn2C(c2ccccc2)(c2ccccc2)c2ccccc2)cc1)S(=O)(=O)NC(=O)Nc1c(C(C)C)cccc1C(C)C. The van der Waals surface area contributed by atoms with Crippen LogP contribution >= 0.6 is 0 Å². The number of carbonyl (C=O) groups excluding carboxylic acids is 1. The Labute approximate surface area is 366 Å². The summed E-state index contributed by atoms with van der Waals surface area (Å²) < 4.78 is 33.6. The molecule has 0 saturated heterocycles. The zero-order valence-electron chi connectivity index (χ0n) is 36.1. The third kappa shape index (κ3) is 9.24. The van der Waals surface area contributed by atoms with Gasteiger partial charge in [0.1, 0.15) is 5.54 Å². The van der Waals surface area contributed by atoms with Gasteiger partial charge in [0.2, 0.25) is 0 Å². The van der Waals surface area contributed by atoms with Gasteiger partial charge in [-0.2, -0.15) is 12.7 Å². The normalized spacial score (nSPS) is 11.9. The number of nitrogens with one attached hydrogen (secondary N) is 2. The molecule has 2 amide bonds. The highest BCUT2D eigenvalue weighted by atomic mass is 32.2. The lowest BCUT2D eigenvalue weighted by Gasteiger charge is -2.36. The monoisotopic (exact) mass is 845 g/mol. The quantitative estimate of drug-likeness (QED) is 0.0695. The highest BCUT2D eigenvalue weighted by Gasteiger charge is 2.42.